The number of amidine groups is 1. The molecule has 4 rings (SSSR count). The van der Waals surface area contributed by atoms with Crippen molar-refractivity contribution in [1.29, 1.82) is 0 Å². The van der Waals surface area contributed by atoms with Crippen LogP contribution in [0.5, 0.6) is 5.75 Å². The van der Waals surface area contributed by atoms with E-state index in [2.05, 4.69) is 36.2 Å². The highest BCUT2D eigenvalue weighted by atomic mass is 35.5. The molecule has 148 valence electrons. The molecule has 0 bridgehead atoms. The molecule has 2 heterocycles. The standard InChI is InChI=1S/C23H22ClN3O2/c1-14-4-5-18(10-20(14)16-9-19(24)12-26-11-16)23(13-29-22(25)27-23)17-6-7-21(28-3)15(2)8-17/h4-12H,13H2,1-3H3,(H2,25,27). The molecule has 2 aromatic carbocycles. The predicted octanol–water partition coefficient (Wildman–Crippen LogP) is 4.62. The maximum Gasteiger partial charge on any atom is 0.283 e. The minimum atomic E-state index is -0.727. The summed E-state index contributed by atoms with van der Waals surface area (Å²) in [6.07, 6.45) is 3.44. The van der Waals surface area contributed by atoms with Gasteiger partial charge in [0.2, 0.25) is 0 Å². The Labute approximate surface area is 175 Å². The Bertz CT molecular complexity index is 1110. The zero-order valence-electron chi connectivity index (χ0n) is 16.6. The van der Waals surface area contributed by atoms with Crippen LogP contribution < -0.4 is 10.5 Å². The lowest BCUT2D eigenvalue weighted by atomic mass is 9.82. The topological polar surface area (TPSA) is 69.7 Å². The fourth-order valence-corrected chi connectivity index (χ4v) is 3.95. The number of nitrogens with zero attached hydrogens (tertiary/aromatic N) is 2. The highest BCUT2D eigenvalue weighted by Gasteiger charge is 2.40. The lowest BCUT2D eigenvalue weighted by molar-refractivity contribution is 0.278. The minimum Gasteiger partial charge on any atom is -0.496 e. The van der Waals surface area contributed by atoms with Crippen molar-refractivity contribution >= 4 is 17.6 Å². The zero-order chi connectivity index (χ0) is 20.6. The second kappa shape index (κ2) is 7.41. The fraction of sp³-hybridized carbons (Fsp3) is 0.217. The molecule has 3 aromatic rings. The Morgan fingerprint density at radius 3 is 2.45 bits per heavy atom. The lowest BCUT2D eigenvalue weighted by Gasteiger charge is -2.27. The Morgan fingerprint density at radius 1 is 1.03 bits per heavy atom. The first-order valence-electron chi connectivity index (χ1n) is 9.28. The molecule has 6 heteroatoms. The van der Waals surface area contributed by atoms with Crippen molar-refractivity contribution in [3.05, 3.63) is 82.1 Å². The average Bonchev–Trinajstić information content (AvgIpc) is 3.11. The van der Waals surface area contributed by atoms with E-state index in [1.165, 1.54) is 0 Å². The molecule has 0 spiro atoms. The van der Waals surface area contributed by atoms with Gasteiger partial charge in [-0.05, 0) is 65.9 Å². The van der Waals surface area contributed by atoms with Gasteiger partial charge in [-0.25, -0.2) is 4.99 Å². The van der Waals surface area contributed by atoms with Gasteiger partial charge in [0.05, 0.1) is 12.1 Å². The molecule has 5 nitrogen and oxygen atoms in total. The molecule has 0 aliphatic carbocycles. The Kier molecular flexibility index (Phi) is 4.92. The summed E-state index contributed by atoms with van der Waals surface area (Å²) in [5.41, 5.74) is 11.4. The first-order chi connectivity index (χ1) is 13.9. The fourth-order valence-electron chi connectivity index (χ4n) is 3.78. The van der Waals surface area contributed by atoms with Crippen molar-refractivity contribution in [3.8, 4) is 16.9 Å². The molecule has 0 amide bonds. The van der Waals surface area contributed by atoms with Gasteiger partial charge in [-0.15, -0.1) is 0 Å². The van der Waals surface area contributed by atoms with Gasteiger partial charge in [0.25, 0.3) is 6.02 Å². The van der Waals surface area contributed by atoms with Crippen molar-refractivity contribution in [2.75, 3.05) is 13.7 Å². The summed E-state index contributed by atoms with van der Waals surface area (Å²) < 4.78 is 11.0. The summed E-state index contributed by atoms with van der Waals surface area (Å²) >= 11 is 6.17. The van der Waals surface area contributed by atoms with Gasteiger partial charge in [0, 0.05) is 18.0 Å². The van der Waals surface area contributed by atoms with Crippen LogP contribution in [0.15, 0.2) is 59.9 Å². The van der Waals surface area contributed by atoms with Gasteiger partial charge in [-0.3, -0.25) is 4.98 Å². The maximum atomic E-state index is 6.17. The third-order valence-electron chi connectivity index (χ3n) is 5.33. The molecule has 0 radical (unpaired) electrons. The van der Waals surface area contributed by atoms with Crippen LogP contribution in [-0.4, -0.2) is 24.7 Å². The summed E-state index contributed by atoms with van der Waals surface area (Å²) in [6.45, 7) is 4.41. The van der Waals surface area contributed by atoms with Crippen molar-refractivity contribution in [3.63, 3.8) is 0 Å². The summed E-state index contributed by atoms with van der Waals surface area (Å²) in [5, 5.41) is 0.597. The van der Waals surface area contributed by atoms with E-state index >= 15 is 0 Å². The number of aliphatic imine (C=N–C) groups is 1. The monoisotopic (exact) mass is 407 g/mol. The van der Waals surface area contributed by atoms with E-state index in [9.17, 15) is 0 Å². The third kappa shape index (κ3) is 3.42. The quantitative estimate of drug-likeness (QED) is 0.685. The van der Waals surface area contributed by atoms with Crippen molar-refractivity contribution < 1.29 is 9.47 Å². The number of hydrogen-bond acceptors (Lipinski definition) is 5. The Hall–Kier alpha value is -3.05. The number of halogens is 1. The molecule has 0 fully saturated rings. The van der Waals surface area contributed by atoms with E-state index < -0.39 is 5.54 Å². The molecule has 0 saturated carbocycles. The maximum absolute atomic E-state index is 6.17. The second-order valence-electron chi connectivity index (χ2n) is 7.20. The second-order valence-corrected chi connectivity index (χ2v) is 7.64. The summed E-state index contributed by atoms with van der Waals surface area (Å²) in [6, 6.07) is 14.4. The van der Waals surface area contributed by atoms with E-state index in [1.807, 2.05) is 31.3 Å². The highest BCUT2D eigenvalue weighted by molar-refractivity contribution is 6.30. The molecule has 2 N–H and O–H groups in total. The van der Waals surface area contributed by atoms with Crippen LogP contribution >= 0.6 is 11.6 Å². The van der Waals surface area contributed by atoms with Crippen LogP contribution in [0.4, 0.5) is 0 Å². The highest BCUT2D eigenvalue weighted by Crippen LogP contribution is 2.41. The SMILES string of the molecule is COc1ccc(C2(c3ccc(C)c(-c4cncc(Cl)c4)c3)COC(N)=N2)cc1C. The number of aromatic nitrogens is 1. The van der Waals surface area contributed by atoms with Gasteiger partial charge in [0.15, 0.2) is 5.54 Å². The van der Waals surface area contributed by atoms with Crippen molar-refractivity contribution in [2.24, 2.45) is 10.7 Å². The molecule has 0 saturated heterocycles. The Morgan fingerprint density at radius 2 is 1.79 bits per heavy atom. The number of hydrogen-bond donors (Lipinski definition) is 1. The summed E-state index contributed by atoms with van der Waals surface area (Å²) in [4.78, 5) is 8.96. The van der Waals surface area contributed by atoms with Gasteiger partial charge < -0.3 is 15.2 Å². The number of ether oxygens (including phenoxy) is 2. The van der Waals surface area contributed by atoms with E-state index in [0.29, 0.717) is 11.6 Å². The van der Waals surface area contributed by atoms with Crippen LogP contribution in [0.3, 0.4) is 0 Å². The van der Waals surface area contributed by atoms with E-state index in [0.717, 1.165) is 39.1 Å². The molecule has 1 aromatic heterocycles. The number of methoxy groups -OCH3 is 1. The number of rotatable bonds is 4. The Balaban J connectivity index is 1.90. The largest absolute Gasteiger partial charge is 0.496 e. The van der Waals surface area contributed by atoms with Gasteiger partial charge in [0.1, 0.15) is 12.4 Å². The van der Waals surface area contributed by atoms with Gasteiger partial charge in [-0.1, -0.05) is 29.8 Å². The summed E-state index contributed by atoms with van der Waals surface area (Å²) in [7, 11) is 1.66. The zero-order valence-corrected chi connectivity index (χ0v) is 17.3. The first-order valence-corrected chi connectivity index (χ1v) is 9.66. The number of aryl methyl sites for hydroxylation is 2. The number of benzene rings is 2. The van der Waals surface area contributed by atoms with E-state index in [-0.39, 0.29) is 6.02 Å². The first kappa shape index (κ1) is 19.3. The molecule has 1 aliphatic heterocycles. The van der Waals surface area contributed by atoms with Gasteiger partial charge >= 0.3 is 0 Å². The van der Waals surface area contributed by atoms with E-state index in [4.69, 9.17) is 31.8 Å². The minimum absolute atomic E-state index is 0.185. The summed E-state index contributed by atoms with van der Waals surface area (Å²) in [5.74, 6) is 0.828. The smallest absolute Gasteiger partial charge is 0.283 e. The molecule has 1 atom stereocenters. The van der Waals surface area contributed by atoms with Crippen LogP contribution in [0, 0.1) is 13.8 Å². The molecular weight excluding hydrogens is 386 g/mol. The van der Waals surface area contributed by atoms with Crippen molar-refractivity contribution in [1.82, 2.24) is 4.98 Å². The van der Waals surface area contributed by atoms with Crippen LogP contribution in [-0.2, 0) is 10.3 Å². The lowest BCUT2D eigenvalue weighted by Crippen LogP contribution is -2.27. The molecule has 1 unspecified atom stereocenters. The van der Waals surface area contributed by atoms with Crippen molar-refractivity contribution in [2.45, 2.75) is 19.4 Å². The molecule has 1 aliphatic rings. The van der Waals surface area contributed by atoms with Crippen LogP contribution in [0.1, 0.15) is 22.3 Å². The number of pyridine rings is 1. The molecular formula is C23H22ClN3O2. The van der Waals surface area contributed by atoms with Crippen LogP contribution in [0.2, 0.25) is 5.02 Å². The third-order valence-corrected chi connectivity index (χ3v) is 5.54. The van der Waals surface area contributed by atoms with Gasteiger partial charge in [-0.2, -0.15) is 0 Å². The van der Waals surface area contributed by atoms with E-state index in [1.54, 1.807) is 13.3 Å². The average molecular weight is 408 g/mol. The molecule has 29 heavy (non-hydrogen) atoms. The number of nitrogens with two attached hydrogens (primary N) is 1. The normalized spacial score (nSPS) is 18.3. The van der Waals surface area contributed by atoms with Crippen LogP contribution in [0.25, 0.3) is 11.1 Å². The predicted molar refractivity (Wildman–Crippen MR) is 116 cm³/mol.